The Balaban J connectivity index is 0. The van der Waals surface area contributed by atoms with Gasteiger partial charge in [0.1, 0.15) is 0 Å². The summed E-state index contributed by atoms with van der Waals surface area (Å²) in [5.41, 5.74) is 0. The zero-order valence-electron chi connectivity index (χ0n) is 5.59. The summed E-state index contributed by atoms with van der Waals surface area (Å²) in [7, 11) is 1.41. The maximum Gasteiger partial charge on any atom is 0.236 e. The van der Waals surface area contributed by atoms with Gasteiger partial charge in [-0.3, -0.25) is 0 Å². The Morgan fingerprint density at radius 1 is 1.56 bits per heavy atom. The van der Waals surface area contributed by atoms with E-state index in [2.05, 4.69) is 6.58 Å². The fourth-order valence-electron chi connectivity index (χ4n) is 0.141. The molecule has 0 rings (SSSR count). The Kier molecular flexibility index (Phi) is 7.96. The predicted octanol–water partition coefficient (Wildman–Crippen LogP) is 1.77. The average Bonchev–Trinajstić information content (AvgIpc) is 1.69. The van der Waals surface area contributed by atoms with E-state index in [4.69, 9.17) is 10.7 Å². The highest BCUT2D eigenvalue weighted by atomic mass is 35.7. The van der Waals surface area contributed by atoms with Gasteiger partial charge in [0, 0.05) is 10.7 Å². The third-order valence-corrected chi connectivity index (χ3v) is 1.33. The van der Waals surface area contributed by atoms with Gasteiger partial charge in [0.25, 0.3) is 0 Å². The molecule has 0 saturated heterocycles. The second-order valence-electron chi connectivity index (χ2n) is 0.994. The van der Waals surface area contributed by atoms with Crippen LogP contribution < -0.4 is 0 Å². The zero-order chi connectivity index (χ0) is 7.91. The van der Waals surface area contributed by atoms with Crippen molar-refractivity contribution >= 4 is 19.7 Å². The summed E-state index contributed by atoms with van der Waals surface area (Å²) in [6.07, 6.45) is 1.24. The molecule has 0 N–H and O–H groups in total. The monoisotopic (exact) mass is 170 g/mol. The van der Waals surface area contributed by atoms with Gasteiger partial charge in [-0.2, -0.15) is 0 Å². The second-order valence-corrected chi connectivity index (χ2v) is 3.82. The van der Waals surface area contributed by atoms with E-state index in [0.717, 1.165) is 0 Å². The Labute approximate surface area is 60.9 Å². The number of hydrogen-bond donors (Lipinski definition) is 0. The van der Waals surface area contributed by atoms with Crippen molar-refractivity contribution in [3.8, 4) is 0 Å². The van der Waals surface area contributed by atoms with Crippen LogP contribution in [0.25, 0.3) is 0 Å². The summed E-state index contributed by atoms with van der Waals surface area (Å²) in [6, 6.07) is 0. The molecule has 0 bridgehead atoms. The van der Waals surface area contributed by atoms with Crippen molar-refractivity contribution in [1.82, 2.24) is 0 Å². The molecule has 0 aromatic rings. The Bertz CT molecular complexity index is 148. The van der Waals surface area contributed by atoms with Crippen LogP contribution in [0.15, 0.2) is 12.7 Å². The molecule has 0 aromatic heterocycles. The van der Waals surface area contributed by atoms with E-state index in [9.17, 15) is 8.42 Å². The first-order chi connectivity index (χ1) is 4.06. The molecule has 9 heavy (non-hydrogen) atoms. The van der Waals surface area contributed by atoms with Crippen LogP contribution >= 0.6 is 10.7 Å². The summed E-state index contributed by atoms with van der Waals surface area (Å²) in [5, 5.41) is 0. The molecule has 0 amide bonds. The number of halogens is 1. The predicted molar refractivity (Wildman–Crippen MR) is 41.2 cm³/mol. The van der Waals surface area contributed by atoms with Crippen molar-refractivity contribution in [2.24, 2.45) is 0 Å². The third-order valence-electron chi connectivity index (χ3n) is 0.317. The standard InChI is InChI=1S/C3H5ClO2S.C2H6/c1-2-3-7(4,5)6;1-2/h2H,1,3H2;1-2H3. The maximum atomic E-state index is 9.93. The highest BCUT2D eigenvalue weighted by Crippen LogP contribution is 1.93. The molecule has 0 fully saturated rings. The first-order valence-corrected chi connectivity index (χ1v) is 5.07. The second kappa shape index (κ2) is 6.11. The molecule has 0 aliphatic rings. The van der Waals surface area contributed by atoms with Crippen molar-refractivity contribution in [1.29, 1.82) is 0 Å². The van der Waals surface area contributed by atoms with Crippen molar-refractivity contribution in [2.45, 2.75) is 13.8 Å². The van der Waals surface area contributed by atoms with Crippen LogP contribution in [0.1, 0.15) is 13.8 Å². The van der Waals surface area contributed by atoms with E-state index in [1.54, 1.807) is 0 Å². The molecule has 4 heteroatoms. The molecule has 0 aliphatic heterocycles. The average molecular weight is 171 g/mol. The molecular formula is C5H11ClO2S. The van der Waals surface area contributed by atoms with Crippen molar-refractivity contribution in [3.05, 3.63) is 12.7 Å². The normalized spacial score (nSPS) is 9.22. The minimum Gasteiger partial charge on any atom is -0.212 e. The Hall–Kier alpha value is -0.0200. The first-order valence-electron chi connectivity index (χ1n) is 2.59. The minimum atomic E-state index is -3.32. The van der Waals surface area contributed by atoms with Crippen LogP contribution in [0.3, 0.4) is 0 Å². The fraction of sp³-hybridized carbons (Fsp3) is 0.600. The topological polar surface area (TPSA) is 34.1 Å². The van der Waals surface area contributed by atoms with E-state index in [-0.39, 0.29) is 5.75 Å². The molecule has 0 spiro atoms. The summed E-state index contributed by atoms with van der Waals surface area (Å²) in [4.78, 5) is 0. The highest BCUT2D eigenvalue weighted by molar-refractivity contribution is 8.13. The van der Waals surface area contributed by atoms with Gasteiger partial charge in [0.2, 0.25) is 9.05 Å². The van der Waals surface area contributed by atoms with Gasteiger partial charge >= 0.3 is 0 Å². The molecule has 0 atom stereocenters. The molecule has 2 nitrogen and oxygen atoms in total. The van der Waals surface area contributed by atoms with Crippen molar-refractivity contribution in [2.75, 3.05) is 5.75 Å². The molecule has 0 unspecified atom stereocenters. The number of rotatable bonds is 2. The van der Waals surface area contributed by atoms with Gasteiger partial charge in [-0.15, -0.1) is 6.58 Å². The molecule has 56 valence electrons. The lowest BCUT2D eigenvalue weighted by molar-refractivity contribution is 0.612. The first kappa shape index (κ1) is 11.7. The lowest BCUT2D eigenvalue weighted by Crippen LogP contribution is -1.90. The molecule has 0 aliphatic carbocycles. The fourth-order valence-corrected chi connectivity index (χ4v) is 0.690. The maximum absolute atomic E-state index is 9.93. The zero-order valence-corrected chi connectivity index (χ0v) is 7.17. The minimum absolute atomic E-state index is 0.158. The van der Waals surface area contributed by atoms with Crippen LogP contribution in [-0.2, 0) is 9.05 Å². The number of hydrogen-bond acceptors (Lipinski definition) is 2. The van der Waals surface area contributed by atoms with Crippen LogP contribution in [0, 0.1) is 0 Å². The summed E-state index contributed by atoms with van der Waals surface area (Å²) in [5.74, 6) is -0.158. The molecule has 0 radical (unpaired) electrons. The summed E-state index contributed by atoms with van der Waals surface area (Å²) < 4.78 is 19.9. The van der Waals surface area contributed by atoms with Gasteiger partial charge in [-0.1, -0.05) is 19.9 Å². The molecular weight excluding hydrogens is 160 g/mol. The van der Waals surface area contributed by atoms with E-state index >= 15 is 0 Å². The Morgan fingerprint density at radius 3 is 1.89 bits per heavy atom. The lowest BCUT2D eigenvalue weighted by atomic mass is 10.8. The summed E-state index contributed by atoms with van der Waals surface area (Å²) in [6.45, 7) is 7.18. The lowest BCUT2D eigenvalue weighted by Gasteiger charge is -1.79. The van der Waals surface area contributed by atoms with Gasteiger partial charge in [-0.25, -0.2) is 8.42 Å². The third kappa shape index (κ3) is 18.0. The Morgan fingerprint density at radius 2 is 1.89 bits per heavy atom. The highest BCUT2D eigenvalue weighted by Gasteiger charge is 1.97. The van der Waals surface area contributed by atoms with Crippen LogP contribution in [-0.4, -0.2) is 14.2 Å². The van der Waals surface area contributed by atoms with Gasteiger partial charge < -0.3 is 0 Å². The van der Waals surface area contributed by atoms with Gasteiger partial charge in [0.05, 0.1) is 5.75 Å². The van der Waals surface area contributed by atoms with E-state index in [0.29, 0.717) is 0 Å². The van der Waals surface area contributed by atoms with Crippen LogP contribution in [0.2, 0.25) is 0 Å². The quantitative estimate of drug-likeness (QED) is 0.468. The smallest absolute Gasteiger partial charge is 0.212 e. The van der Waals surface area contributed by atoms with Crippen molar-refractivity contribution in [3.63, 3.8) is 0 Å². The largest absolute Gasteiger partial charge is 0.236 e. The molecule has 0 heterocycles. The van der Waals surface area contributed by atoms with E-state index in [1.165, 1.54) is 6.08 Å². The van der Waals surface area contributed by atoms with Crippen molar-refractivity contribution < 1.29 is 8.42 Å². The van der Waals surface area contributed by atoms with Gasteiger partial charge in [-0.05, 0) is 0 Å². The SMILES string of the molecule is C=CCS(=O)(=O)Cl.CC. The summed E-state index contributed by atoms with van der Waals surface area (Å²) >= 11 is 0. The van der Waals surface area contributed by atoms with Gasteiger partial charge in [0.15, 0.2) is 0 Å². The molecule has 0 aromatic carbocycles. The van der Waals surface area contributed by atoms with E-state index in [1.807, 2.05) is 13.8 Å². The van der Waals surface area contributed by atoms with E-state index < -0.39 is 9.05 Å². The van der Waals surface area contributed by atoms with Crippen LogP contribution in [0.5, 0.6) is 0 Å². The van der Waals surface area contributed by atoms with Crippen LogP contribution in [0.4, 0.5) is 0 Å². The molecule has 0 saturated carbocycles.